The lowest BCUT2D eigenvalue weighted by Gasteiger charge is -2.25. The zero-order chi connectivity index (χ0) is 28.1. The number of carbonyl (C=O) groups is 1. The number of nitriles is 1. The van der Waals surface area contributed by atoms with Crippen molar-refractivity contribution in [3.8, 4) is 34.7 Å². The number of unbranched alkanes of at least 4 members (excludes halogenated alkanes) is 4. The van der Waals surface area contributed by atoms with Crippen LogP contribution in [0.3, 0.4) is 0 Å². The molecule has 0 unspecified atom stereocenters. The van der Waals surface area contributed by atoms with Crippen LogP contribution in [0.2, 0.25) is 0 Å². The normalized spacial score (nSPS) is 17.8. The standard InChI is InChI=1S/C32H38N4O4/c1-4-5-6-7-8-15-38-16-14-36-29(37)19-23-18-27-25(30(23)36)10-9-11-26(27)31-34-32(40-35-31)22-12-13-28(39-21(2)3)24(17-22)20-33/h9-13,17,21,23,30H,4-8,14-16,18-19H2,1-3H3/t23-,30+/m1/s1. The quantitative estimate of drug-likeness (QED) is 0.227. The minimum absolute atomic E-state index is 0.0355. The van der Waals surface area contributed by atoms with Gasteiger partial charge in [-0.25, -0.2) is 0 Å². The van der Waals surface area contributed by atoms with Gasteiger partial charge < -0.3 is 18.9 Å². The zero-order valence-electron chi connectivity index (χ0n) is 23.7. The Balaban J connectivity index is 1.29. The lowest BCUT2D eigenvalue weighted by molar-refractivity contribution is -0.129. The fourth-order valence-corrected chi connectivity index (χ4v) is 5.94. The Morgan fingerprint density at radius 1 is 1.12 bits per heavy atom. The number of fused-ring (bicyclic) bond motifs is 3. The largest absolute Gasteiger partial charge is 0.490 e. The van der Waals surface area contributed by atoms with E-state index in [1.807, 2.05) is 36.9 Å². The molecule has 1 fully saturated rings. The van der Waals surface area contributed by atoms with Crippen LogP contribution in [0, 0.1) is 17.2 Å². The van der Waals surface area contributed by atoms with E-state index in [2.05, 4.69) is 24.2 Å². The molecule has 5 rings (SSSR count). The first kappa shape index (κ1) is 27.9. The van der Waals surface area contributed by atoms with Gasteiger partial charge in [0, 0.05) is 30.7 Å². The van der Waals surface area contributed by atoms with Gasteiger partial charge in [0.1, 0.15) is 11.8 Å². The molecule has 0 radical (unpaired) electrons. The first-order chi connectivity index (χ1) is 19.5. The van der Waals surface area contributed by atoms with Crippen LogP contribution in [-0.4, -0.2) is 46.8 Å². The van der Waals surface area contributed by atoms with Crippen molar-refractivity contribution in [1.82, 2.24) is 15.0 Å². The molecule has 0 N–H and O–H groups in total. The lowest BCUT2D eigenvalue weighted by Crippen LogP contribution is -2.31. The fraction of sp³-hybridized carbons (Fsp3) is 0.500. The number of ether oxygens (including phenoxy) is 2. The average molecular weight is 543 g/mol. The molecule has 2 aliphatic rings. The third-order valence-electron chi connectivity index (χ3n) is 7.78. The summed E-state index contributed by atoms with van der Waals surface area (Å²) >= 11 is 0. The van der Waals surface area contributed by atoms with Crippen LogP contribution in [0.4, 0.5) is 0 Å². The maximum absolute atomic E-state index is 12.9. The van der Waals surface area contributed by atoms with Crippen molar-refractivity contribution in [2.24, 2.45) is 5.92 Å². The van der Waals surface area contributed by atoms with Crippen molar-refractivity contribution < 1.29 is 18.8 Å². The number of benzene rings is 2. The molecule has 8 heteroatoms. The maximum atomic E-state index is 12.9. The summed E-state index contributed by atoms with van der Waals surface area (Å²) in [4.78, 5) is 19.6. The van der Waals surface area contributed by atoms with Crippen molar-refractivity contribution in [2.45, 2.75) is 77.9 Å². The monoisotopic (exact) mass is 542 g/mol. The van der Waals surface area contributed by atoms with Crippen molar-refractivity contribution in [2.75, 3.05) is 19.8 Å². The van der Waals surface area contributed by atoms with Gasteiger partial charge in [0.25, 0.3) is 5.89 Å². The molecule has 2 atom stereocenters. The Hall–Kier alpha value is -3.70. The Morgan fingerprint density at radius 2 is 1.98 bits per heavy atom. The van der Waals surface area contributed by atoms with E-state index in [-0.39, 0.29) is 24.0 Å². The van der Waals surface area contributed by atoms with Gasteiger partial charge in [0.15, 0.2) is 0 Å². The van der Waals surface area contributed by atoms with Gasteiger partial charge in [-0.15, -0.1) is 0 Å². The molecule has 0 saturated carbocycles. The molecule has 0 spiro atoms. The molecule has 40 heavy (non-hydrogen) atoms. The summed E-state index contributed by atoms with van der Waals surface area (Å²) in [7, 11) is 0. The summed E-state index contributed by atoms with van der Waals surface area (Å²) in [5.41, 5.74) is 4.36. The molecular weight excluding hydrogens is 504 g/mol. The van der Waals surface area contributed by atoms with Crippen LogP contribution in [0.5, 0.6) is 5.75 Å². The molecule has 3 aromatic rings. The zero-order valence-corrected chi connectivity index (χ0v) is 23.7. The number of likely N-dealkylation sites (tertiary alicyclic amines) is 1. The van der Waals surface area contributed by atoms with E-state index in [4.69, 9.17) is 19.0 Å². The molecule has 210 valence electrons. The summed E-state index contributed by atoms with van der Waals surface area (Å²) < 4.78 is 17.3. The van der Waals surface area contributed by atoms with Gasteiger partial charge >= 0.3 is 0 Å². The molecule has 1 aliphatic carbocycles. The number of amides is 1. The third-order valence-corrected chi connectivity index (χ3v) is 7.78. The van der Waals surface area contributed by atoms with Crippen LogP contribution >= 0.6 is 0 Å². The van der Waals surface area contributed by atoms with Gasteiger partial charge in [0.2, 0.25) is 11.7 Å². The van der Waals surface area contributed by atoms with Crippen molar-refractivity contribution >= 4 is 5.91 Å². The highest BCUT2D eigenvalue weighted by Crippen LogP contribution is 2.49. The highest BCUT2D eigenvalue weighted by Gasteiger charge is 2.46. The van der Waals surface area contributed by atoms with E-state index >= 15 is 0 Å². The van der Waals surface area contributed by atoms with Crippen LogP contribution in [0.1, 0.15) is 82.0 Å². The maximum Gasteiger partial charge on any atom is 0.258 e. The molecule has 1 aliphatic heterocycles. The van der Waals surface area contributed by atoms with Crippen molar-refractivity contribution in [3.05, 3.63) is 53.1 Å². The number of aromatic nitrogens is 2. The summed E-state index contributed by atoms with van der Waals surface area (Å²) in [6, 6.07) is 13.7. The van der Waals surface area contributed by atoms with Gasteiger partial charge in [-0.3, -0.25) is 4.79 Å². The van der Waals surface area contributed by atoms with E-state index in [0.717, 1.165) is 25.0 Å². The molecule has 0 bridgehead atoms. The van der Waals surface area contributed by atoms with E-state index in [9.17, 15) is 10.1 Å². The van der Waals surface area contributed by atoms with Crippen LogP contribution in [0.15, 0.2) is 40.9 Å². The lowest BCUT2D eigenvalue weighted by atomic mass is 10.0. The number of hydrogen-bond acceptors (Lipinski definition) is 7. The van der Waals surface area contributed by atoms with E-state index in [1.54, 1.807) is 12.1 Å². The van der Waals surface area contributed by atoms with Crippen LogP contribution in [-0.2, 0) is 16.0 Å². The fourth-order valence-electron chi connectivity index (χ4n) is 5.94. The third kappa shape index (κ3) is 5.90. The van der Waals surface area contributed by atoms with Crippen molar-refractivity contribution in [1.29, 1.82) is 5.26 Å². The van der Waals surface area contributed by atoms with Gasteiger partial charge in [-0.1, -0.05) is 56.0 Å². The molecular formula is C32H38N4O4. The summed E-state index contributed by atoms with van der Waals surface area (Å²) in [6.45, 7) is 8.00. The van der Waals surface area contributed by atoms with Crippen LogP contribution in [0.25, 0.3) is 22.8 Å². The smallest absolute Gasteiger partial charge is 0.258 e. The first-order valence-electron chi connectivity index (χ1n) is 14.5. The predicted octanol–water partition coefficient (Wildman–Crippen LogP) is 6.50. The Kier molecular flexibility index (Phi) is 8.81. The van der Waals surface area contributed by atoms with Gasteiger partial charge in [-0.05, 0) is 61.9 Å². The Labute approximate surface area is 236 Å². The van der Waals surface area contributed by atoms with Crippen LogP contribution < -0.4 is 4.74 Å². The highest BCUT2D eigenvalue weighted by molar-refractivity contribution is 5.81. The van der Waals surface area contributed by atoms with Gasteiger partial charge in [-0.2, -0.15) is 10.2 Å². The minimum Gasteiger partial charge on any atom is -0.490 e. The first-order valence-corrected chi connectivity index (χ1v) is 14.5. The highest BCUT2D eigenvalue weighted by atomic mass is 16.5. The number of hydrogen-bond donors (Lipinski definition) is 0. The summed E-state index contributed by atoms with van der Waals surface area (Å²) in [5, 5.41) is 13.9. The van der Waals surface area contributed by atoms with Gasteiger partial charge in [0.05, 0.1) is 24.3 Å². The molecule has 2 aromatic carbocycles. The Bertz CT molecular complexity index is 1380. The second-order valence-electron chi connectivity index (χ2n) is 11.0. The van der Waals surface area contributed by atoms with E-state index in [1.165, 1.54) is 36.8 Å². The second kappa shape index (κ2) is 12.6. The van der Waals surface area contributed by atoms with E-state index in [0.29, 0.717) is 48.2 Å². The predicted molar refractivity (Wildman–Crippen MR) is 151 cm³/mol. The summed E-state index contributed by atoms with van der Waals surface area (Å²) in [6.07, 6.45) is 7.38. The summed E-state index contributed by atoms with van der Waals surface area (Å²) in [5.74, 6) is 1.84. The molecule has 1 amide bonds. The SMILES string of the molecule is CCCCCCCOCCN1C(=O)C[C@H]2Cc3c(-c4noc(-c5ccc(OC(C)C)c(C#N)c5)n4)cccc3[C@H]21. The van der Waals surface area contributed by atoms with E-state index < -0.39 is 0 Å². The number of nitrogens with zero attached hydrogens (tertiary/aromatic N) is 4. The molecule has 1 saturated heterocycles. The average Bonchev–Trinajstić information content (AvgIpc) is 3.64. The molecule has 2 heterocycles. The molecule has 1 aromatic heterocycles. The van der Waals surface area contributed by atoms with Crippen molar-refractivity contribution in [3.63, 3.8) is 0 Å². The second-order valence-corrected chi connectivity index (χ2v) is 11.0. The minimum atomic E-state index is -0.0355. The molecule has 8 nitrogen and oxygen atoms in total. The number of rotatable bonds is 13. The topological polar surface area (TPSA) is 101 Å². The Morgan fingerprint density at radius 3 is 2.77 bits per heavy atom. The number of carbonyl (C=O) groups excluding carboxylic acids is 1.